The molecule has 0 aliphatic carbocycles. The molecule has 0 spiro atoms. The number of nitrogens with one attached hydrogen (secondary N) is 1. The lowest BCUT2D eigenvalue weighted by Crippen LogP contribution is -2.05. The first-order chi connectivity index (χ1) is 8.97. The maximum absolute atomic E-state index is 13.4. The maximum Gasteiger partial charge on any atom is 0.152 e. The summed E-state index contributed by atoms with van der Waals surface area (Å²) in [5, 5.41) is 2.65. The summed E-state index contributed by atoms with van der Waals surface area (Å²) in [5.41, 5.74) is 2.87. The van der Waals surface area contributed by atoms with Crippen molar-refractivity contribution in [1.82, 2.24) is 0 Å². The Morgan fingerprint density at radius 2 is 1.53 bits per heavy atom. The van der Waals surface area contributed by atoms with E-state index in [-0.39, 0.29) is 12.2 Å². The van der Waals surface area contributed by atoms with Gasteiger partial charge in [0.1, 0.15) is 11.5 Å². The number of rotatable bonds is 3. The van der Waals surface area contributed by atoms with E-state index in [0.717, 1.165) is 16.7 Å². The molecular formula is C15H14F3N. The zero-order valence-corrected chi connectivity index (χ0v) is 10.7. The third kappa shape index (κ3) is 3.08. The van der Waals surface area contributed by atoms with Gasteiger partial charge in [0, 0.05) is 18.7 Å². The van der Waals surface area contributed by atoms with Gasteiger partial charge in [-0.3, -0.25) is 0 Å². The van der Waals surface area contributed by atoms with Crippen LogP contribution in [0.5, 0.6) is 0 Å². The van der Waals surface area contributed by atoms with Crippen LogP contribution in [0.2, 0.25) is 0 Å². The van der Waals surface area contributed by atoms with Gasteiger partial charge in [0.25, 0.3) is 0 Å². The van der Waals surface area contributed by atoms with Crippen LogP contribution >= 0.6 is 0 Å². The minimum Gasteiger partial charge on any atom is -0.376 e. The molecule has 0 saturated carbocycles. The van der Waals surface area contributed by atoms with Crippen LogP contribution in [0.3, 0.4) is 0 Å². The predicted molar refractivity (Wildman–Crippen MR) is 69.6 cm³/mol. The summed E-state index contributed by atoms with van der Waals surface area (Å²) in [6.07, 6.45) is 0. The van der Waals surface area contributed by atoms with Gasteiger partial charge in [0.05, 0.1) is 0 Å². The van der Waals surface area contributed by atoms with Crippen LogP contribution in [0, 0.1) is 31.3 Å². The fourth-order valence-corrected chi connectivity index (χ4v) is 1.82. The third-order valence-corrected chi connectivity index (χ3v) is 3.05. The molecule has 0 saturated heterocycles. The van der Waals surface area contributed by atoms with Crippen LogP contribution in [0.15, 0.2) is 30.3 Å². The third-order valence-electron chi connectivity index (χ3n) is 3.05. The summed E-state index contributed by atoms with van der Waals surface area (Å²) < 4.78 is 39.6. The SMILES string of the molecule is Cc1ccc(CNc2c(F)cc(F)cc2F)cc1C. The summed E-state index contributed by atoms with van der Waals surface area (Å²) in [4.78, 5) is 0. The van der Waals surface area contributed by atoms with Gasteiger partial charge in [-0.05, 0) is 30.5 Å². The largest absolute Gasteiger partial charge is 0.376 e. The van der Waals surface area contributed by atoms with E-state index in [0.29, 0.717) is 12.1 Å². The van der Waals surface area contributed by atoms with Gasteiger partial charge in [0.2, 0.25) is 0 Å². The minimum absolute atomic E-state index is 0.278. The summed E-state index contributed by atoms with van der Waals surface area (Å²) in [5.74, 6) is -2.78. The highest BCUT2D eigenvalue weighted by Gasteiger charge is 2.11. The van der Waals surface area contributed by atoms with Crippen molar-refractivity contribution >= 4 is 5.69 Å². The molecule has 0 aliphatic heterocycles. The monoisotopic (exact) mass is 265 g/mol. The molecule has 100 valence electrons. The lowest BCUT2D eigenvalue weighted by molar-refractivity contribution is 0.547. The maximum atomic E-state index is 13.4. The minimum atomic E-state index is -0.929. The predicted octanol–water partition coefficient (Wildman–Crippen LogP) is 4.33. The van der Waals surface area contributed by atoms with Crippen molar-refractivity contribution in [1.29, 1.82) is 0 Å². The Labute approximate surface area is 110 Å². The first-order valence-electron chi connectivity index (χ1n) is 5.92. The van der Waals surface area contributed by atoms with E-state index in [1.54, 1.807) is 0 Å². The van der Waals surface area contributed by atoms with Crippen molar-refractivity contribution in [2.45, 2.75) is 20.4 Å². The fourth-order valence-electron chi connectivity index (χ4n) is 1.82. The second-order valence-corrected chi connectivity index (χ2v) is 4.52. The number of benzene rings is 2. The molecule has 0 fully saturated rings. The number of anilines is 1. The highest BCUT2D eigenvalue weighted by atomic mass is 19.1. The molecule has 4 heteroatoms. The average Bonchev–Trinajstić information content (AvgIpc) is 2.32. The van der Waals surface area contributed by atoms with Crippen LogP contribution in [-0.4, -0.2) is 0 Å². The first-order valence-corrected chi connectivity index (χ1v) is 5.92. The number of halogens is 3. The quantitative estimate of drug-likeness (QED) is 0.870. The van der Waals surface area contributed by atoms with Gasteiger partial charge >= 0.3 is 0 Å². The van der Waals surface area contributed by atoms with Crippen LogP contribution in [0.4, 0.5) is 18.9 Å². The molecule has 2 rings (SSSR count). The molecule has 1 nitrogen and oxygen atoms in total. The Kier molecular flexibility index (Phi) is 3.79. The molecule has 19 heavy (non-hydrogen) atoms. The summed E-state index contributed by atoms with van der Waals surface area (Å²) in [7, 11) is 0. The highest BCUT2D eigenvalue weighted by Crippen LogP contribution is 2.21. The molecule has 0 aromatic heterocycles. The van der Waals surface area contributed by atoms with Crippen LogP contribution in [0.25, 0.3) is 0 Å². The van der Waals surface area contributed by atoms with Gasteiger partial charge in [-0.25, -0.2) is 13.2 Å². The van der Waals surface area contributed by atoms with E-state index in [4.69, 9.17) is 0 Å². The van der Waals surface area contributed by atoms with Crippen LogP contribution in [-0.2, 0) is 6.54 Å². The first kappa shape index (κ1) is 13.5. The van der Waals surface area contributed by atoms with E-state index >= 15 is 0 Å². The molecule has 2 aromatic rings. The van der Waals surface area contributed by atoms with Gasteiger partial charge in [-0.15, -0.1) is 0 Å². The second kappa shape index (κ2) is 5.34. The zero-order valence-electron chi connectivity index (χ0n) is 10.7. The van der Waals surface area contributed by atoms with Crippen molar-refractivity contribution in [2.24, 2.45) is 0 Å². The molecule has 0 unspecified atom stereocenters. The van der Waals surface area contributed by atoms with E-state index in [1.165, 1.54) is 0 Å². The molecule has 0 atom stereocenters. The highest BCUT2D eigenvalue weighted by molar-refractivity contribution is 5.47. The molecule has 2 aromatic carbocycles. The molecule has 0 bridgehead atoms. The summed E-state index contributed by atoms with van der Waals surface area (Å²) in [6, 6.07) is 7.09. The van der Waals surface area contributed by atoms with Crippen molar-refractivity contribution in [3.05, 3.63) is 64.5 Å². The summed E-state index contributed by atoms with van der Waals surface area (Å²) in [6.45, 7) is 4.24. The Morgan fingerprint density at radius 3 is 2.11 bits per heavy atom. The van der Waals surface area contributed by atoms with Crippen molar-refractivity contribution in [2.75, 3.05) is 5.32 Å². The van der Waals surface area contributed by atoms with E-state index < -0.39 is 17.5 Å². The normalized spacial score (nSPS) is 10.6. The van der Waals surface area contributed by atoms with Crippen molar-refractivity contribution < 1.29 is 13.2 Å². The van der Waals surface area contributed by atoms with E-state index in [9.17, 15) is 13.2 Å². The lowest BCUT2D eigenvalue weighted by Gasteiger charge is -2.10. The zero-order chi connectivity index (χ0) is 14.0. The fraction of sp³-hybridized carbons (Fsp3) is 0.200. The number of aryl methyl sites for hydroxylation is 2. The van der Waals surface area contributed by atoms with Crippen molar-refractivity contribution in [3.63, 3.8) is 0 Å². The standard InChI is InChI=1S/C15H14F3N/c1-9-3-4-11(5-10(9)2)8-19-15-13(17)6-12(16)7-14(15)18/h3-7,19H,8H2,1-2H3. The topological polar surface area (TPSA) is 12.0 Å². The Balaban J connectivity index is 2.16. The second-order valence-electron chi connectivity index (χ2n) is 4.52. The molecular weight excluding hydrogens is 251 g/mol. The average molecular weight is 265 g/mol. The van der Waals surface area contributed by atoms with E-state index in [1.807, 2.05) is 32.0 Å². The molecule has 0 aliphatic rings. The van der Waals surface area contributed by atoms with E-state index in [2.05, 4.69) is 5.32 Å². The number of hydrogen-bond acceptors (Lipinski definition) is 1. The molecule has 0 radical (unpaired) electrons. The Hall–Kier alpha value is -1.97. The Morgan fingerprint density at radius 1 is 0.895 bits per heavy atom. The Bertz CT molecular complexity index is 585. The van der Waals surface area contributed by atoms with Crippen LogP contribution in [0.1, 0.15) is 16.7 Å². The number of hydrogen-bond donors (Lipinski definition) is 1. The van der Waals surface area contributed by atoms with Gasteiger partial charge < -0.3 is 5.32 Å². The molecule has 0 amide bonds. The molecule has 1 N–H and O–H groups in total. The van der Waals surface area contributed by atoms with Gasteiger partial charge in [0.15, 0.2) is 11.6 Å². The molecule has 0 heterocycles. The smallest absolute Gasteiger partial charge is 0.152 e. The summed E-state index contributed by atoms with van der Waals surface area (Å²) >= 11 is 0. The van der Waals surface area contributed by atoms with Crippen molar-refractivity contribution in [3.8, 4) is 0 Å². The lowest BCUT2D eigenvalue weighted by atomic mass is 10.1. The van der Waals surface area contributed by atoms with Gasteiger partial charge in [-0.2, -0.15) is 0 Å². The van der Waals surface area contributed by atoms with Gasteiger partial charge in [-0.1, -0.05) is 18.2 Å². The van der Waals surface area contributed by atoms with Crippen LogP contribution < -0.4 is 5.32 Å².